The highest BCUT2D eigenvalue weighted by molar-refractivity contribution is 7.94. The number of sulfonamides is 1. The Morgan fingerprint density at radius 1 is 0.762 bits per heavy atom. The number of rotatable bonds is 12. The zero-order valence-electron chi connectivity index (χ0n) is 22.3. The van der Waals surface area contributed by atoms with Crippen LogP contribution in [0.2, 0.25) is 0 Å². The van der Waals surface area contributed by atoms with Crippen LogP contribution in [0.3, 0.4) is 0 Å². The molecule has 0 saturated carbocycles. The molecule has 0 aliphatic heterocycles. The van der Waals surface area contributed by atoms with E-state index in [1.165, 1.54) is 36.5 Å². The van der Waals surface area contributed by atoms with Gasteiger partial charge in [0.15, 0.2) is 11.5 Å². The first-order chi connectivity index (χ1) is 20.5. The topological polar surface area (TPSA) is 106 Å². The molecule has 2 N–H and O–H groups in total. The van der Waals surface area contributed by atoms with E-state index in [1.807, 2.05) is 72.8 Å². The van der Waals surface area contributed by atoms with Gasteiger partial charge in [-0.25, -0.2) is 13.8 Å². The van der Waals surface area contributed by atoms with Crippen molar-refractivity contribution < 1.29 is 22.7 Å². The number of nitrogens with one attached hydrogen (secondary N) is 2. The molecular weight excluding hydrogens is 571 g/mol. The second-order valence-electron chi connectivity index (χ2n) is 9.07. The van der Waals surface area contributed by atoms with Crippen molar-refractivity contribution in [2.75, 3.05) is 4.72 Å². The number of anilines is 1. The summed E-state index contributed by atoms with van der Waals surface area (Å²) in [6.07, 6.45) is 1.51. The van der Waals surface area contributed by atoms with E-state index in [2.05, 4.69) is 15.2 Å². The van der Waals surface area contributed by atoms with E-state index in [0.717, 1.165) is 22.5 Å². The predicted octanol–water partition coefficient (Wildman–Crippen LogP) is 6.47. The molecule has 0 spiro atoms. The van der Waals surface area contributed by atoms with Gasteiger partial charge < -0.3 is 9.47 Å². The number of hydrogen-bond donors (Lipinski definition) is 2. The SMILES string of the molecule is O=C(N/N=C/c1ccc(OCc2ccccc2)c(OCc2ccccc2)c1)c1ccc(NS(=O)(=O)c2cccs2)cc1. The molecule has 42 heavy (non-hydrogen) atoms. The molecular formula is C32H27N3O5S2. The molecule has 8 nitrogen and oxygen atoms in total. The fraction of sp³-hybridized carbons (Fsp3) is 0.0625. The molecule has 1 aromatic heterocycles. The number of benzene rings is 4. The van der Waals surface area contributed by atoms with E-state index in [1.54, 1.807) is 17.5 Å². The first kappa shape index (κ1) is 28.6. The number of nitrogens with zero attached hydrogens (tertiary/aromatic N) is 1. The van der Waals surface area contributed by atoms with E-state index in [0.29, 0.717) is 41.5 Å². The van der Waals surface area contributed by atoms with Gasteiger partial charge in [-0.15, -0.1) is 11.3 Å². The average molecular weight is 598 g/mol. The summed E-state index contributed by atoms with van der Waals surface area (Å²) in [7, 11) is -3.67. The van der Waals surface area contributed by atoms with Crippen LogP contribution in [0.15, 0.2) is 130 Å². The predicted molar refractivity (Wildman–Crippen MR) is 165 cm³/mol. The normalized spacial score (nSPS) is 11.2. The third-order valence-corrected chi connectivity index (χ3v) is 8.76. The maximum absolute atomic E-state index is 12.6. The molecule has 0 bridgehead atoms. The summed E-state index contributed by atoms with van der Waals surface area (Å²) in [6.45, 7) is 0.750. The molecule has 0 aliphatic carbocycles. The van der Waals surface area contributed by atoms with Crippen molar-refractivity contribution in [2.45, 2.75) is 17.4 Å². The lowest BCUT2D eigenvalue weighted by Crippen LogP contribution is -2.17. The summed E-state index contributed by atoms with van der Waals surface area (Å²) >= 11 is 1.12. The highest BCUT2D eigenvalue weighted by Gasteiger charge is 2.15. The number of ether oxygens (including phenoxy) is 2. The molecule has 5 aromatic rings. The van der Waals surface area contributed by atoms with Gasteiger partial charge in [-0.2, -0.15) is 5.10 Å². The van der Waals surface area contributed by atoms with Crippen LogP contribution in [-0.2, 0) is 23.2 Å². The fourth-order valence-corrected chi connectivity index (χ4v) is 5.90. The highest BCUT2D eigenvalue weighted by atomic mass is 32.2. The van der Waals surface area contributed by atoms with Gasteiger partial charge >= 0.3 is 0 Å². The Bertz CT molecular complexity index is 1740. The van der Waals surface area contributed by atoms with Crippen LogP contribution >= 0.6 is 11.3 Å². The van der Waals surface area contributed by atoms with Crippen LogP contribution in [0.1, 0.15) is 27.0 Å². The molecule has 0 fully saturated rings. The minimum absolute atomic E-state index is 0.211. The number of hydrogen-bond acceptors (Lipinski definition) is 7. The van der Waals surface area contributed by atoms with Gasteiger partial charge in [0.25, 0.3) is 15.9 Å². The van der Waals surface area contributed by atoms with E-state index >= 15 is 0 Å². The molecule has 10 heteroatoms. The van der Waals surface area contributed by atoms with Crippen LogP contribution in [0.4, 0.5) is 5.69 Å². The summed E-state index contributed by atoms with van der Waals surface area (Å²) in [5.74, 6) is 0.693. The lowest BCUT2D eigenvalue weighted by molar-refractivity contribution is 0.0955. The van der Waals surface area contributed by atoms with Gasteiger partial charge in [-0.3, -0.25) is 9.52 Å². The number of thiophene rings is 1. The number of hydrazone groups is 1. The zero-order valence-corrected chi connectivity index (χ0v) is 24.0. The van der Waals surface area contributed by atoms with Crippen LogP contribution < -0.4 is 19.6 Å². The lowest BCUT2D eigenvalue weighted by Gasteiger charge is -2.14. The average Bonchev–Trinajstić information content (AvgIpc) is 3.57. The van der Waals surface area contributed by atoms with Crippen molar-refractivity contribution >= 4 is 39.2 Å². The Kier molecular flexibility index (Phi) is 9.27. The van der Waals surface area contributed by atoms with Crippen molar-refractivity contribution in [1.82, 2.24) is 5.43 Å². The third-order valence-electron chi connectivity index (χ3n) is 5.98. The van der Waals surface area contributed by atoms with E-state index in [4.69, 9.17) is 9.47 Å². The molecule has 0 aliphatic rings. The smallest absolute Gasteiger partial charge is 0.271 e. The third kappa shape index (κ3) is 7.84. The molecule has 1 amide bonds. The molecule has 0 atom stereocenters. The summed E-state index contributed by atoms with van der Waals surface area (Å²) in [5, 5.41) is 5.77. The van der Waals surface area contributed by atoms with Crippen molar-refractivity contribution in [3.8, 4) is 11.5 Å². The Labute approximate surface area is 248 Å². The van der Waals surface area contributed by atoms with E-state index in [9.17, 15) is 13.2 Å². The maximum Gasteiger partial charge on any atom is 0.271 e. The minimum atomic E-state index is -3.67. The van der Waals surface area contributed by atoms with Gasteiger partial charge in [-0.05, 0) is 70.6 Å². The minimum Gasteiger partial charge on any atom is -0.485 e. The largest absolute Gasteiger partial charge is 0.485 e. The molecule has 4 aromatic carbocycles. The van der Waals surface area contributed by atoms with Gasteiger partial charge in [-0.1, -0.05) is 66.7 Å². The van der Waals surface area contributed by atoms with Gasteiger partial charge in [0.2, 0.25) is 0 Å². The maximum atomic E-state index is 12.6. The zero-order chi connectivity index (χ0) is 29.2. The Morgan fingerprint density at radius 2 is 1.40 bits per heavy atom. The summed E-state index contributed by atoms with van der Waals surface area (Å²) < 4.78 is 39.7. The Balaban J connectivity index is 1.23. The molecule has 1 heterocycles. The highest BCUT2D eigenvalue weighted by Crippen LogP contribution is 2.30. The first-order valence-electron chi connectivity index (χ1n) is 12.9. The van der Waals surface area contributed by atoms with Gasteiger partial charge in [0.1, 0.15) is 17.4 Å². The second kappa shape index (κ2) is 13.6. The fourth-order valence-electron chi connectivity index (χ4n) is 3.85. The van der Waals surface area contributed by atoms with E-state index < -0.39 is 15.9 Å². The quantitative estimate of drug-likeness (QED) is 0.127. The van der Waals surface area contributed by atoms with Crippen LogP contribution in [0, 0.1) is 0 Å². The van der Waals surface area contributed by atoms with Crippen molar-refractivity contribution in [3.05, 3.63) is 143 Å². The molecule has 0 radical (unpaired) electrons. The molecule has 0 unspecified atom stereocenters. The standard InChI is InChI=1S/C32H27N3O5S2/c36-32(27-14-16-28(17-15-27)35-42(37,38)31-12-7-19-41-31)34-33-21-26-13-18-29(39-22-24-8-3-1-4-9-24)30(20-26)40-23-25-10-5-2-6-11-25/h1-21,35H,22-23H2,(H,34,36)/b33-21+. The Morgan fingerprint density at radius 3 is 2.02 bits per heavy atom. The first-order valence-corrected chi connectivity index (χ1v) is 15.3. The van der Waals surface area contributed by atoms with Crippen molar-refractivity contribution in [3.63, 3.8) is 0 Å². The summed E-state index contributed by atoms with van der Waals surface area (Å²) in [4.78, 5) is 12.6. The van der Waals surface area contributed by atoms with Crippen LogP contribution in [0.25, 0.3) is 0 Å². The summed E-state index contributed by atoms with van der Waals surface area (Å²) in [6, 6.07) is 34.4. The summed E-state index contributed by atoms with van der Waals surface area (Å²) in [5.41, 5.74) is 5.92. The lowest BCUT2D eigenvalue weighted by atomic mass is 10.2. The Hall–Kier alpha value is -4.93. The van der Waals surface area contributed by atoms with Crippen LogP contribution in [0.5, 0.6) is 11.5 Å². The van der Waals surface area contributed by atoms with Crippen LogP contribution in [-0.4, -0.2) is 20.5 Å². The monoisotopic (exact) mass is 597 g/mol. The van der Waals surface area contributed by atoms with E-state index in [-0.39, 0.29) is 4.21 Å². The van der Waals surface area contributed by atoms with Gasteiger partial charge in [0.05, 0.1) is 6.21 Å². The molecule has 5 rings (SSSR count). The second-order valence-corrected chi connectivity index (χ2v) is 11.9. The molecule has 0 saturated heterocycles. The van der Waals surface area contributed by atoms with Crippen molar-refractivity contribution in [1.29, 1.82) is 0 Å². The molecule has 212 valence electrons. The number of amides is 1. The number of carbonyl (C=O) groups is 1. The number of carbonyl (C=O) groups excluding carboxylic acids is 1. The van der Waals surface area contributed by atoms with Gasteiger partial charge in [0, 0.05) is 11.3 Å². The van der Waals surface area contributed by atoms with Crippen molar-refractivity contribution in [2.24, 2.45) is 5.10 Å².